The first kappa shape index (κ1) is 22.3. The fourth-order valence-corrected chi connectivity index (χ4v) is 3.42. The summed E-state index contributed by atoms with van der Waals surface area (Å²) < 4.78 is 13.7. The maximum Gasteiger partial charge on any atom is 0.333 e. The van der Waals surface area contributed by atoms with Crippen LogP contribution in [-0.2, 0) is 6.54 Å². The highest BCUT2D eigenvalue weighted by molar-refractivity contribution is 7.82. The van der Waals surface area contributed by atoms with Gasteiger partial charge in [0, 0.05) is 23.9 Å². The topological polar surface area (TPSA) is 107 Å². The van der Waals surface area contributed by atoms with Crippen molar-refractivity contribution in [2.75, 3.05) is 25.1 Å². The molecule has 0 aliphatic carbocycles. The molecule has 11 heteroatoms. The highest BCUT2D eigenvalue weighted by Crippen LogP contribution is 2.26. The van der Waals surface area contributed by atoms with E-state index in [4.69, 9.17) is 9.47 Å². The number of aromatic nitrogens is 5. The Morgan fingerprint density at radius 1 is 1.15 bits per heavy atom. The van der Waals surface area contributed by atoms with E-state index < -0.39 is 0 Å². The third kappa shape index (κ3) is 4.82. The van der Waals surface area contributed by atoms with E-state index in [0.29, 0.717) is 35.8 Å². The van der Waals surface area contributed by atoms with E-state index >= 15 is 0 Å². The maximum atomic E-state index is 12.0. The van der Waals surface area contributed by atoms with E-state index in [0.717, 1.165) is 26.9 Å². The Balaban J connectivity index is 1.60. The summed E-state index contributed by atoms with van der Waals surface area (Å²) in [6.07, 6.45) is 5.25. The number of anilines is 1. The lowest BCUT2D eigenvalue weighted by atomic mass is 10.2. The minimum Gasteiger partial charge on any atom is -0.497 e. The summed E-state index contributed by atoms with van der Waals surface area (Å²) in [7, 11) is 3.25. The van der Waals surface area contributed by atoms with E-state index in [1.165, 1.54) is 0 Å². The average molecular weight is 466 g/mol. The van der Waals surface area contributed by atoms with Crippen LogP contribution in [0.4, 0.5) is 10.6 Å². The summed E-state index contributed by atoms with van der Waals surface area (Å²) in [5.41, 5.74) is 3.33. The normalized spacial score (nSPS) is 10.8. The molecule has 33 heavy (non-hydrogen) atoms. The maximum absolute atomic E-state index is 12.0. The molecule has 0 spiro atoms. The molecule has 0 fully saturated rings. The van der Waals surface area contributed by atoms with Crippen molar-refractivity contribution in [2.24, 2.45) is 0 Å². The second-order valence-electron chi connectivity index (χ2n) is 7.02. The largest absolute Gasteiger partial charge is 0.497 e. The summed E-state index contributed by atoms with van der Waals surface area (Å²) in [4.78, 5) is 25.5. The van der Waals surface area contributed by atoms with Gasteiger partial charge in [0.1, 0.15) is 22.8 Å². The Kier molecular flexibility index (Phi) is 6.59. The van der Waals surface area contributed by atoms with Crippen molar-refractivity contribution in [3.8, 4) is 22.8 Å². The zero-order valence-electron chi connectivity index (χ0n) is 18.4. The van der Waals surface area contributed by atoms with Gasteiger partial charge < -0.3 is 14.8 Å². The van der Waals surface area contributed by atoms with Crippen molar-refractivity contribution in [1.29, 1.82) is 0 Å². The van der Waals surface area contributed by atoms with E-state index in [9.17, 15) is 4.79 Å². The number of rotatable bonds is 7. The Morgan fingerprint density at radius 2 is 2.00 bits per heavy atom. The fraction of sp³-hybridized carbons (Fsp3) is 0.227. The molecule has 3 heterocycles. The van der Waals surface area contributed by atoms with Crippen LogP contribution in [0.1, 0.15) is 12.5 Å². The summed E-state index contributed by atoms with van der Waals surface area (Å²) in [6, 6.07) is 8.67. The molecule has 0 atom stereocenters. The number of fused-ring (bicyclic) bond motifs is 1. The number of thiol groups is 1. The van der Waals surface area contributed by atoms with Gasteiger partial charge in [0.25, 0.3) is 0 Å². The first-order valence-corrected chi connectivity index (χ1v) is 10.6. The van der Waals surface area contributed by atoms with E-state index in [2.05, 4.69) is 38.2 Å². The molecule has 1 aromatic carbocycles. The van der Waals surface area contributed by atoms with Crippen molar-refractivity contribution >= 4 is 35.8 Å². The van der Waals surface area contributed by atoms with Crippen LogP contribution in [0.5, 0.6) is 11.5 Å². The van der Waals surface area contributed by atoms with Crippen molar-refractivity contribution in [3.63, 3.8) is 0 Å². The lowest BCUT2D eigenvalue weighted by Crippen LogP contribution is -2.34. The number of methoxy groups -OCH3 is 2. The quantitative estimate of drug-likeness (QED) is 0.403. The summed E-state index contributed by atoms with van der Waals surface area (Å²) >= 11 is 4.23. The standard InChI is InChI=1S/C22H23N7O3S/c1-4-23-22(30)29(33)20-8-6-17-21(27-20)26-18(11-24-17)15-10-25-28(13-15)12-14-9-16(31-2)5-7-19(14)32-3/h5-11,13,33H,4,12H2,1-3H3,(H,23,30). The number of hydrogen-bond acceptors (Lipinski definition) is 8. The average Bonchev–Trinajstić information content (AvgIpc) is 3.31. The molecule has 0 unspecified atom stereocenters. The molecule has 2 amide bonds. The van der Waals surface area contributed by atoms with E-state index in [1.807, 2.05) is 31.3 Å². The van der Waals surface area contributed by atoms with Gasteiger partial charge in [0.15, 0.2) is 5.65 Å². The van der Waals surface area contributed by atoms with Gasteiger partial charge in [0.2, 0.25) is 0 Å². The first-order valence-electron chi connectivity index (χ1n) is 10.2. The van der Waals surface area contributed by atoms with Crippen molar-refractivity contribution in [2.45, 2.75) is 13.5 Å². The molecule has 0 saturated heterocycles. The first-order chi connectivity index (χ1) is 16.0. The highest BCUT2D eigenvalue weighted by Gasteiger charge is 2.14. The van der Waals surface area contributed by atoms with Crippen LogP contribution >= 0.6 is 12.8 Å². The molecule has 4 aromatic rings. The molecule has 10 nitrogen and oxygen atoms in total. The van der Waals surface area contributed by atoms with E-state index in [1.54, 1.807) is 43.4 Å². The summed E-state index contributed by atoms with van der Waals surface area (Å²) in [6.45, 7) is 2.81. The summed E-state index contributed by atoms with van der Waals surface area (Å²) in [5, 5.41) is 7.12. The molecule has 0 aliphatic rings. The number of carbonyl (C=O) groups is 1. The van der Waals surface area contributed by atoms with Crippen molar-refractivity contribution in [1.82, 2.24) is 30.0 Å². The molecule has 0 aliphatic heterocycles. The molecule has 0 saturated carbocycles. The van der Waals surface area contributed by atoms with Gasteiger partial charge in [-0.25, -0.2) is 19.1 Å². The van der Waals surface area contributed by atoms with Gasteiger partial charge in [-0.05, 0) is 37.3 Å². The SMILES string of the molecule is CCNC(=O)N(S)c1ccc2ncc(-c3cnn(Cc4cc(OC)ccc4OC)c3)nc2n1. The van der Waals surface area contributed by atoms with Crippen molar-refractivity contribution in [3.05, 3.63) is 54.5 Å². The Morgan fingerprint density at radius 3 is 2.76 bits per heavy atom. The zero-order chi connectivity index (χ0) is 23.4. The van der Waals surface area contributed by atoms with Crippen LogP contribution in [0, 0.1) is 0 Å². The van der Waals surface area contributed by atoms with Crippen LogP contribution in [-0.4, -0.2) is 51.5 Å². The molecule has 0 bridgehead atoms. The van der Waals surface area contributed by atoms with Gasteiger partial charge >= 0.3 is 6.03 Å². The fourth-order valence-electron chi connectivity index (χ4n) is 3.24. The molecule has 1 N–H and O–H groups in total. The molecule has 3 aromatic heterocycles. The molecule has 4 rings (SSSR count). The number of ether oxygens (including phenoxy) is 2. The minimum atomic E-state index is -0.369. The number of pyridine rings is 1. The number of amides is 2. The van der Waals surface area contributed by atoms with Gasteiger partial charge in [-0.1, -0.05) is 12.8 Å². The van der Waals surface area contributed by atoms with Crippen LogP contribution in [0.2, 0.25) is 0 Å². The number of nitrogens with one attached hydrogen (secondary N) is 1. The van der Waals surface area contributed by atoms with E-state index in [-0.39, 0.29) is 6.03 Å². The number of urea groups is 1. The number of nitrogens with zero attached hydrogens (tertiary/aromatic N) is 6. The molecule has 170 valence electrons. The smallest absolute Gasteiger partial charge is 0.333 e. The zero-order valence-corrected chi connectivity index (χ0v) is 19.3. The van der Waals surface area contributed by atoms with Gasteiger partial charge in [-0.15, -0.1) is 0 Å². The Bertz CT molecular complexity index is 1290. The van der Waals surface area contributed by atoms with Crippen LogP contribution in [0.15, 0.2) is 48.9 Å². The van der Waals surface area contributed by atoms with Gasteiger partial charge in [0.05, 0.1) is 38.9 Å². The van der Waals surface area contributed by atoms with Crippen molar-refractivity contribution < 1.29 is 14.3 Å². The second-order valence-corrected chi connectivity index (χ2v) is 7.42. The predicted molar refractivity (Wildman–Crippen MR) is 128 cm³/mol. The Hall–Kier alpha value is -3.86. The predicted octanol–water partition coefficient (Wildman–Crippen LogP) is 3.33. The summed E-state index contributed by atoms with van der Waals surface area (Å²) in [5.74, 6) is 1.84. The van der Waals surface area contributed by atoms with Crippen LogP contribution < -0.4 is 19.1 Å². The third-order valence-corrected chi connectivity index (χ3v) is 5.26. The third-order valence-electron chi connectivity index (χ3n) is 4.88. The molecular formula is C22H23N7O3S. The van der Waals surface area contributed by atoms with Gasteiger partial charge in [-0.2, -0.15) is 5.10 Å². The second kappa shape index (κ2) is 9.74. The Labute approximate surface area is 196 Å². The lowest BCUT2D eigenvalue weighted by Gasteiger charge is -2.14. The minimum absolute atomic E-state index is 0.351. The van der Waals surface area contributed by atoms with Crippen LogP contribution in [0.3, 0.4) is 0 Å². The lowest BCUT2D eigenvalue weighted by molar-refractivity contribution is 0.250. The highest BCUT2D eigenvalue weighted by atomic mass is 32.1. The number of hydrogen-bond donors (Lipinski definition) is 2. The number of benzene rings is 1. The van der Waals surface area contributed by atoms with Gasteiger partial charge in [-0.3, -0.25) is 9.67 Å². The number of carbonyl (C=O) groups excluding carboxylic acids is 1. The van der Waals surface area contributed by atoms with Crippen LogP contribution in [0.25, 0.3) is 22.4 Å². The molecular weight excluding hydrogens is 442 g/mol. The molecule has 0 radical (unpaired) electrons. The monoisotopic (exact) mass is 465 g/mol.